The molecule has 0 saturated carbocycles. The van der Waals surface area contributed by atoms with Gasteiger partial charge in [-0.25, -0.2) is 5.01 Å². The van der Waals surface area contributed by atoms with Crippen LogP contribution in [0.25, 0.3) is 0 Å². The topological polar surface area (TPSA) is 15.3 Å². The molecule has 2 heteroatoms. The summed E-state index contributed by atoms with van der Waals surface area (Å²) in [6.07, 6.45) is 7.60. The van der Waals surface area contributed by atoms with Crippen LogP contribution in [0.15, 0.2) is 25.3 Å². The van der Waals surface area contributed by atoms with Crippen molar-refractivity contribution in [2.24, 2.45) is 0 Å². The monoisotopic (exact) mass is 182 g/mol. The summed E-state index contributed by atoms with van der Waals surface area (Å²) in [6, 6.07) is 0. The predicted molar refractivity (Wildman–Crippen MR) is 59.5 cm³/mol. The van der Waals surface area contributed by atoms with Crippen LogP contribution < -0.4 is 5.43 Å². The summed E-state index contributed by atoms with van der Waals surface area (Å²) < 4.78 is 0. The Morgan fingerprint density at radius 3 is 2.54 bits per heavy atom. The van der Waals surface area contributed by atoms with Gasteiger partial charge in [-0.2, -0.15) is 0 Å². The summed E-state index contributed by atoms with van der Waals surface area (Å²) in [6.45, 7) is 12.4. The maximum absolute atomic E-state index is 3.73. The highest BCUT2D eigenvalue weighted by Crippen LogP contribution is 1.95. The van der Waals surface area contributed by atoms with Crippen LogP contribution in [0.3, 0.4) is 0 Å². The second-order valence-electron chi connectivity index (χ2n) is 3.09. The average Bonchev–Trinajstić information content (AvgIpc) is 2.14. The molecule has 0 aliphatic heterocycles. The first kappa shape index (κ1) is 12.4. The second-order valence-corrected chi connectivity index (χ2v) is 3.09. The van der Waals surface area contributed by atoms with E-state index in [4.69, 9.17) is 0 Å². The molecule has 1 N–H and O–H groups in total. The fourth-order valence-corrected chi connectivity index (χ4v) is 1.14. The number of nitrogens with zero attached hydrogens (tertiary/aromatic N) is 1. The third kappa shape index (κ3) is 7.75. The third-order valence-electron chi connectivity index (χ3n) is 1.84. The Hall–Kier alpha value is -0.600. The van der Waals surface area contributed by atoms with Crippen LogP contribution in [0, 0.1) is 0 Å². The molecule has 76 valence electrons. The van der Waals surface area contributed by atoms with Gasteiger partial charge in [0, 0.05) is 19.6 Å². The number of nitrogens with one attached hydrogen (secondary N) is 1. The van der Waals surface area contributed by atoms with Crippen molar-refractivity contribution >= 4 is 0 Å². The van der Waals surface area contributed by atoms with Crippen LogP contribution >= 0.6 is 0 Å². The van der Waals surface area contributed by atoms with E-state index in [0.29, 0.717) is 0 Å². The molecule has 0 bridgehead atoms. The first-order chi connectivity index (χ1) is 6.35. The van der Waals surface area contributed by atoms with E-state index in [1.165, 1.54) is 19.3 Å². The van der Waals surface area contributed by atoms with Crippen molar-refractivity contribution in [1.29, 1.82) is 0 Å². The quantitative estimate of drug-likeness (QED) is 0.334. The molecular formula is C11H22N2. The summed E-state index contributed by atoms with van der Waals surface area (Å²) in [5.74, 6) is 0. The van der Waals surface area contributed by atoms with Gasteiger partial charge in [0.05, 0.1) is 0 Å². The summed E-state index contributed by atoms with van der Waals surface area (Å²) in [7, 11) is 0. The molecule has 0 aromatic heterocycles. The lowest BCUT2D eigenvalue weighted by atomic mass is 10.2. The van der Waals surface area contributed by atoms with Crippen molar-refractivity contribution in [3.8, 4) is 0 Å². The maximum atomic E-state index is 3.73. The lowest BCUT2D eigenvalue weighted by Gasteiger charge is -2.20. The molecule has 0 aromatic carbocycles. The Labute approximate surface area is 82.3 Å². The van der Waals surface area contributed by atoms with E-state index in [9.17, 15) is 0 Å². The van der Waals surface area contributed by atoms with Crippen molar-refractivity contribution in [2.45, 2.75) is 26.2 Å². The van der Waals surface area contributed by atoms with Crippen LogP contribution in [0.2, 0.25) is 0 Å². The lowest BCUT2D eigenvalue weighted by Crippen LogP contribution is -2.38. The van der Waals surface area contributed by atoms with Crippen LogP contribution in [0.5, 0.6) is 0 Å². The Kier molecular flexibility index (Phi) is 9.05. The van der Waals surface area contributed by atoms with Crippen LogP contribution in [0.4, 0.5) is 0 Å². The van der Waals surface area contributed by atoms with Gasteiger partial charge in [0.2, 0.25) is 0 Å². The van der Waals surface area contributed by atoms with E-state index >= 15 is 0 Å². The molecule has 13 heavy (non-hydrogen) atoms. The van der Waals surface area contributed by atoms with Crippen molar-refractivity contribution in [2.75, 3.05) is 19.6 Å². The largest absolute Gasteiger partial charge is 0.251 e. The van der Waals surface area contributed by atoms with Crippen LogP contribution in [0.1, 0.15) is 26.2 Å². The molecule has 2 nitrogen and oxygen atoms in total. The van der Waals surface area contributed by atoms with Gasteiger partial charge >= 0.3 is 0 Å². The van der Waals surface area contributed by atoms with Crippen molar-refractivity contribution in [3.63, 3.8) is 0 Å². The number of rotatable bonds is 9. The van der Waals surface area contributed by atoms with E-state index < -0.39 is 0 Å². The molecule has 0 aromatic rings. The van der Waals surface area contributed by atoms with Gasteiger partial charge in [-0.05, 0) is 6.42 Å². The number of hydrogen-bond donors (Lipinski definition) is 1. The van der Waals surface area contributed by atoms with E-state index in [1.807, 2.05) is 12.2 Å². The Balaban J connectivity index is 3.52. The molecule has 0 unspecified atom stereocenters. The number of unbranched alkanes of at least 4 members (excludes halogenated alkanes) is 2. The summed E-state index contributed by atoms with van der Waals surface area (Å²) in [5, 5.41) is 2.18. The smallest absolute Gasteiger partial charge is 0.0309 e. The Morgan fingerprint density at radius 1 is 1.23 bits per heavy atom. The minimum Gasteiger partial charge on any atom is -0.251 e. The SMILES string of the molecule is C=CCNN(CC=C)CCCCC. The zero-order valence-electron chi connectivity index (χ0n) is 8.76. The highest BCUT2D eigenvalue weighted by molar-refractivity contribution is 4.74. The van der Waals surface area contributed by atoms with Gasteiger partial charge in [0.15, 0.2) is 0 Å². The second kappa shape index (κ2) is 9.49. The molecule has 0 fully saturated rings. The number of hydrogen-bond acceptors (Lipinski definition) is 2. The van der Waals surface area contributed by atoms with Gasteiger partial charge in [-0.1, -0.05) is 31.9 Å². The van der Waals surface area contributed by atoms with E-state index in [2.05, 4.69) is 30.5 Å². The molecule has 0 atom stereocenters. The minimum absolute atomic E-state index is 0.833. The van der Waals surface area contributed by atoms with E-state index in [-0.39, 0.29) is 0 Å². The number of hydrazine groups is 1. The highest BCUT2D eigenvalue weighted by atomic mass is 15.5. The van der Waals surface area contributed by atoms with Gasteiger partial charge in [0.25, 0.3) is 0 Å². The van der Waals surface area contributed by atoms with Gasteiger partial charge in [0.1, 0.15) is 0 Å². The van der Waals surface area contributed by atoms with Gasteiger partial charge in [-0.15, -0.1) is 13.2 Å². The van der Waals surface area contributed by atoms with Crippen molar-refractivity contribution in [1.82, 2.24) is 10.4 Å². The molecule has 0 heterocycles. The van der Waals surface area contributed by atoms with Crippen molar-refractivity contribution < 1.29 is 0 Å². The fourth-order valence-electron chi connectivity index (χ4n) is 1.14. The first-order valence-corrected chi connectivity index (χ1v) is 5.05. The molecule has 0 radical (unpaired) electrons. The minimum atomic E-state index is 0.833. The molecule has 0 saturated heterocycles. The van der Waals surface area contributed by atoms with E-state index in [0.717, 1.165) is 19.6 Å². The van der Waals surface area contributed by atoms with Crippen molar-refractivity contribution in [3.05, 3.63) is 25.3 Å². The maximum Gasteiger partial charge on any atom is 0.0309 e. The average molecular weight is 182 g/mol. The van der Waals surface area contributed by atoms with Gasteiger partial charge in [-0.3, -0.25) is 5.43 Å². The fraction of sp³-hybridized carbons (Fsp3) is 0.636. The Bertz CT molecular complexity index is 132. The standard InChI is InChI=1S/C11H22N2/c1-4-7-8-11-13(10-6-3)12-9-5-2/h5-6,12H,2-4,7-11H2,1H3. The summed E-state index contributed by atoms with van der Waals surface area (Å²) in [4.78, 5) is 0. The molecule has 0 rings (SSSR count). The molecular weight excluding hydrogens is 160 g/mol. The summed E-state index contributed by atoms with van der Waals surface area (Å²) >= 11 is 0. The third-order valence-corrected chi connectivity index (χ3v) is 1.84. The van der Waals surface area contributed by atoms with Gasteiger partial charge < -0.3 is 0 Å². The Morgan fingerprint density at radius 2 is 2.00 bits per heavy atom. The van der Waals surface area contributed by atoms with Crippen LogP contribution in [-0.4, -0.2) is 24.6 Å². The predicted octanol–water partition coefficient (Wildman–Crippen LogP) is 2.36. The molecule has 0 aliphatic carbocycles. The molecule has 0 aliphatic rings. The summed E-state index contributed by atoms with van der Waals surface area (Å²) in [5.41, 5.74) is 3.27. The molecule has 0 spiro atoms. The van der Waals surface area contributed by atoms with E-state index in [1.54, 1.807) is 0 Å². The zero-order chi connectivity index (χ0) is 9.94. The normalized spacial score (nSPS) is 10.3. The highest BCUT2D eigenvalue weighted by Gasteiger charge is 1.98. The zero-order valence-corrected chi connectivity index (χ0v) is 8.76. The lowest BCUT2D eigenvalue weighted by molar-refractivity contribution is 0.215. The molecule has 0 amide bonds. The van der Waals surface area contributed by atoms with Crippen LogP contribution in [-0.2, 0) is 0 Å². The first-order valence-electron chi connectivity index (χ1n) is 5.05.